The van der Waals surface area contributed by atoms with Crippen LogP contribution in [0.2, 0.25) is 0 Å². The first-order valence-corrected chi connectivity index (χ1v) is 9.80. The molecule has 2 aromatic carbocycles. The Bertz CT molecular complexity index is 970. The van der Waals surface area contributed by atoms with E-state index in [0.717, 1.165) is 11.1 Å². The lowest BCUT2D eigenvalue weighted by molar-refractivity contribution is 0.587. The maximum Gasteiger partial charge on any atom is 0.279 e. The molecule has 0 spiro atoms. The van der Waals surface area contributed by atoms with E-state index in [9.17, 15) is 8.42 Å². The van der Waals surface area contributed by atoms with Crippen LogP contribution < -0.4 is 4.72 Å². The molecule has 0 aliphatic heterocycles. The number of benzene rings is 2. The van der Waals surface area contributed by atoms with E-state index in [0.29, 0.717) is 5.70 Å². The van der Waals surface area contributed by atoms with Gasteiger partial charge in [0, 0.05) is 12.1 Å². The van der Waals surface area contributed by atoms with Crippen LogP contribution in [0.5, 0.6) is 0 Å². The maximum atomic E-state index is 12.7. The lowest BCUT2D eigenvalue weighted by atomic mass is 9.98. The Kier molecular flexibility index (Phi) is 5.49. The van der Waals surface area contributed by atoms with Gasteiger partial charge in [0.25, 0.3) is 10.0 Å². The molecule has 1 heterocycles. The summed E-state index contributed by atoms with van der Waals surface area (Å²) in [6.45, 7) is 2.04. The molecule has 3 aromatic rings. The number of rotatable bonds is 6. The smallest absolute Gasteiger partial charge is 0.278 e. The van der Waals surface area contributed by atoms with Crippen LogP contribution in [0.15, 0.2) is 96.2 Å². The summed E-state index contributed by atoms with van der Waals surface area (Å²) >= 11 is 0. The van der Waals surface area contributed by atoms with Gasteiger partial charge in [0.2, 0.25) is 0 Å². The lowest BCUT2D eigenvalue weighted by Crippen LogP contribution is -2.23. The van der Waals surface area contributed by atoms with Gasteiger partial charge in [0.15, 0.2) is 5.03 Å². The predicted octanol–water partition coefficient (Wildman–Crippen LogP) is 4.20. The van der Waals surface area contributed by atoms with Crippen LogP contribution in [0.1, 0.15) is 24.0 Å². The standard InChI is InChI=1S/C21H20N2O2S/c1-17(18-10-4-2-5-11-18)16-20(19-12-6-3-7-13-19)23-26(24,25)21-14-8-9-15-22-21/h2-17,23H,1H3/b20-16-/t17-/m1/s1. The Morgan fingerprint density at radius 2 is 1.54 bits per heavy atom. The second-order valence-electron chi connectivity index (χ2n) is 5.92. The zero-order valence-corrected chi connectivity index (χ0v) is 15.2. The van der Waals surface area contributed by atoms with E-state index in [-0.39, 0.29) is 10.9 Å². The molecule has 0 aliphatic carbocycles. The largest absolute Gasteiger partial charge is 0.279 e. The number of nitrogens with one attached hydrogen (secondary N) is 1. The minimum absolute atomic E-state index is 0.00537. The van der Waals surface area contributed by atoms with Gasteiger partial charge in [-0.1, -0.05) is 79.7 Å². The van der Waals surface area contributed by atoms with E-state index in [1.54, 1.807) is 12.1 Å². The van der Waals surface area contributed by atoms with Crippen molar-refractivity contribution in [3.05, 3.63) is 102 Å². The number of allylic oxidation sites excluding steroid dienone is 1. The van der Waals surface area contributed by atoms with Gasteiger partial charge < -0.3 is 0 Å². The molecular weight excluding hydrogens is 344 g/mol. The van der Waals surface area contributed by atoms with Crippen LogP contribution in [0.4, 0.5) is 0 Å². The summed E-state index contributed by atoms with van der Waals surface area (Å²) in [7, 11) is -3.76. The van der Waals surface area contributed by atoms with Gasteiger partial charge in [-0.3, -0.25) is 4.72 Å². The van der Waals surface area contributed by atoms with Crippen molar-refractivity contribution < 1.29 is 8.42 Å². The molecule has 1 aromatic heterocycles. The van der Waals surface area contributed by atoms with Crippen LogP contribution in [-0.2, 0) is 10.0 Å². The SMILES string of the molecule is C[C@H](/C=C(\NS(=O)(=O)c1ccccn1)c1ccccc1)c1ccccc1. The summed E-state index contributed by atoms with van der Waals surface area (Å²) in [6.07, 6.45) is 3.39. The van der Waals surface area contributed by atoms with Crippen molar-refractivity contribution in [3.8, 4) is 0 Å². The minimum atomic E-state index is -3.76. The summed E-state index contributed by atoms with van der Waals surface area (Å²) in [4.78, 5) is 3.96. The summed E-state index contributed by atoms with van der Waals surface area (Å²) in [5.74, 6) is 0.0397. The van der Waals surface area contributed by atoms with Gasteiger partial charge in [-0.15, -0.1) is 0 Å². The van der Waals surface area contributed by atoms with E-state index in [2.05, 4.69) is 9.71 Å². The average molecular weight is 364 g/mol. The highest BCUT2D eigenvalue weighted by atomic mass is 32.2. The Hall–Kier alpha value is -2.92. The zero-order chi connectivity index (χ0) is 18.4. The monoisotopic (exact) mass is 364 g/mol. The Morgan fingerprint density at radius 1 is 0.923 bits per heavy atom. The van der Waals surface area contributed by atoms with E-state index in [4.69, 9.17) is 0 Å². The number of aromatic nitrogens is 1. The summed E-state index contributed by atoms with van der Waals surface area (Å²) in [5, 5.41) is -0.00537. The summed E-state index contributed by atoms with van der Waals surface area (Å²) in [5.41, 5.74) is 2.44. The van der Waals surface area contributed by atoms with Crippen molar-refractivity contribution in [2.24, 2.45) is 0 Å². The molecule has 132 valence electrons. The van der Waals surface area contributed by atoms with Crippen molar-refractivity contribution >= 4 is 15.7 Å². The fourth-order valence-corrected chi connectivity index (χ4v) is 3.65. The third-order valence-corrected chi connectivity index (χ3v) is 5.27. The number of hydrogen-bond acceptors (Lipinski definition) is 3. The van der Waals surface area contributed by atoms with Crippen molar-refractivity contribution in [2.45, 2.75) is 17.9 Å². The van der Waals surface area contributed by atoms with E-state index in [1.807, 2.05) is 73.7 Å². The Labute approximate surface area is 154 Å². The zero-order valence-electron chi connectivity index (χ0n) is 14.4. The van der Waals surface area contributed by atoms with Crippen LogP contribution in [0.25, 0.3) is 5.70 Å². The van der Waals surface area contributed by atoms with Crippen LogP contribution in [-0.4, -0.2) is 13.4 Å². The Balaban J connectivity index is 1.98. The molecule has 0 saturated carbocycles. The quantitative estimate of drug-likeness (QED) is 0.713. The molecule has 0 radical (unpaired) electrons. The molecule has 0 fully saturated rings. The van der Waals surface area contributed by atoms with Crippen LogP contribution in [0.3, 0.4) is 0 Å². The van der Waals surface area contributed by atoms with Crippen LogP contribution >= 0.6 is 0 Å². The normalized spacial score (nSPS) is 13.2. The van der Waals surface area contributed by atoms with Crippen molar-refractivity contribution in [3.63, 3.8) is 0 Å². The molecule has 3 rings (SSSR count). The third kappa shape index (κ3) is 4.37. The first-order chi connectivity index (χ1) is 12.6. The molecule has 1 atom stereocenters. The predicted molar refractivity (Wildman–Crippen MR) is 104 cm³/mol. The minimum Gasteiger partial charge on any atom is -0.278 e. The molecule has 0 aliphatic rings. The van der Waals surface area contributed by atoms with Gasteiger partial charge in [-0.2, -0.15) is 8.42 Å². The highest BCUT2D eigenvalue weighted by molar-refractivity contribution is 7.89. The first-order valence-electron chi connectivity index (χ1n) is 8.32. The number of sulfonamides is 1. The highest BCUT2D eigenvalue weighted by Gasteiger charge is 2.18. The number of nitrogens with zero attached hydrogens (tertiary/aromatic N) is 1. The second kappa shape index (κ2) is 7.97. The summed E-state index contributed by atoms with van der Waals surface area (Å²) < 4.78 is 28.1. The first kappa shape index (κ1) is 17.9. The molecule has 0 bridgehead atoms. The van der Waals surface area contributed by atoms with Gasteiger partial charge in [-0.25, -0.2) is 4.98 Å². The molecular formula is C21H20N2O2S. The average Bonchev–Trinajstić information content (AvgIpc) is 2.69. The number of hydrogen-bond donors (Lipinski definition) is 1. The molecule has 0 saturated heterocycles. The maximum absolute atomic E-state index is 12.7. The van der Waals surface area contributed by atoms with Gasteiger partial charge >= 0.3 is 0 Å². The van der Waals surface area contributed by atoms with Crippen molar-refractivity contribution in [1.29, 1.82) is 0 Å². The molecule has 5 heteroatoms. The second-order valence-corrected chi connectivity index (χ2v) is 7.55. The molecule has 4 nitrogen and oxygen atoms in total. The molecule has 26 heavy (non-hydrogen) atoms. The van der Waals surface area contributed by atoms with Crippen LogP contribution in [0, 0.1) is 0 Å². The van der Waals surface area contributed by atoms with Crippen molar-refractivity contribution in [1.82, 2.24) is 9.71 Å². The van der Waals surface area contributed by atoms with Crippen molar-refractivity contribution in [2.75, 3.05) is 0 Å². The van der Waals surface area contributed by atoms with E-state index in [1.165, 1.54) is 12.3 Å². The fraction of sp³-hybridized carbons (Fsp3) is 0.0952. The number of pyridine rings is 1. The highest BCUT2D eigenvalue weighted by Crippen LogP contribution is 2.23. The molecule has 0 unspecified atom stereocenters. The lowest BCUT2D eigenvalue weighted by Gasteiger charge is -2.15. The van der Waals surface area contributed by atoms with Gasteiger partial charge in [0.05, 0.1) is 5.70 Å². The molecule has 1 N–H and O–H groups in total. The fourth-order valence-electron chi connectivity index (χ4n) is 2.61. The van der Waals surface area contributed by atoms with E-state index < -0.39 is 10.0 Å². The van der Waals surface area contributed by atoms with Gasteiger partial charge in [0.1, 0.15) is 0 Å². The summed E-state index contributed by atoms with van der Waals surface area (Å²) in [6, 6.07) is 24.2. The topological polar surface area (TPSA) is 59.1 Å². The Morgan fingerprint density at radius 3 is 2.15 bits per heavy atom. The van der Waals surface area contributed by atoms with E-state index >= 15 is 0 Å². The van der Waals surface area contributed by atoms with Gasteiger partial charge in [-0.05, 0) is 23.3 Å². The molecule has 0 amide bonds. The third-order valence-electron chi connectivity index (χ3n) is 3.98.